The molecule has 2 aromatic rings. The fraction of sp³-hybridized carbons (Fsp3) is 0.469. The van der Waals surface area contributed by atoms with Crippen LogP contribution < -0.4 is 5.32 Å². The van der Waals surface area contributed by atoms with Gasteiger partial charge in [0.1, 0.15) is 0 Å². The Balaban J connectivity index is 1.34. The number of ketones is 2. The molecule has 6 rings (SSSR count). The molecule has 3 fully saturated rings. The summed E-state index contributed by atoms with van der Waals surface area (Å²) in [6, 6.07) is 16.1. The molecule has 5 nitrogen and oxygen atoms in total. The van der Waals surface area contributed by atoms with Crippen LogP contribution in [-0.2, 0) is 4.79 Å². The first-order valence-corrected chi connectivity index (χ1v) is 13.8. The smallest absolute Gasteiger partial charge is 0.307 e. The van der Waals surface area contributed by atoms with Crippen molar-refractivity contribution >= 4 is 23.3 Å². The number of likely N-dealkylation sites (tertiary alicyclic amines) is 1. The maximum Gasteiger partial charge on any atom is 0.326 e. The Kier molecular flexibility index (Phi) is 5.85. The summed E-state index contributed by atoms with van der Waals surface area (Å²) in [5, 5.41) is 3.07. The number of para-hydroxylation sites is 1. The predicted molar refractivity (Wildman–Crippen MR) is 144 cm³/mol. The molecule has 3 aliphatic carbocycles. The normalized spacial score (nSPS) is 32.6. The highest BCUT2D eigenvalue weighted by Crippen LogP contribution is 2.64. The van der Waals surface area contributed by atoms with Crippen molar-refractivity contribution in [3.05, 3.63) is 77.5 Å². The van der Waals surface area contributed by atoms with Crippen molar-refractivity contribution in [3.63, 3.8) is 0 Å². The molecule has 0 bridgehead atoms. The van der Waals surface area contributed by atoms with Crippen molar-refractivity contribution in [1.29, 1.82) is 0 Å². The zero-order chi connectivity index (χ0) is 25.8. The fourth-order valence-electron chi connectivity index (χ4n) is 8.21. The molecule has 0 radical (unpaired) electrons. The van der Waals surface area contributed by atoms with E-state index in [0.29, 0.717) is 52.9 Å². The first kappa shape index (κ1) is 24.1. The number of amides is 2. The average molecular weight is 497 g/mol. The quantitative estimate of drug-likeness (QED) is 0.473. The number of anilines is 1. The van der Waals surface area contributed by atoms with Gasteiger partial charge in [0.25, 0.3) is 0 Å². The van der Waals surface area contributed by atoms with Crippen molar-refractivity contribution in [2.24, 2.45) is 28.6 Å². The second-order valence-corrected chi connectivity index (χ2v) is 12.2. The number of carbonyl (C=O) groups excluding carboxylic acids is 3. The van der Waals surface area contributed by atoms with Gasteiger partial charge in [-0.15, -0.1) is 0 Å². The number of fused-ring (bicyclic) bond motifs is 5. The van der Waals surface area contributed by atoms with E-state index in [0.717, 1.165) is 12.1 Å². The van der Waals surface area contributed by atoms with Crippen LogP contribution in [-0.4, -0.2) is 29.0 Å². The van der Waals surface area contributed by atoms with Gasteiger partial charge in [-0.05, 0) is 67.4 Å². The van der Waals surface area contributed by atoms with Gasteiger partial charge in [-0.3, -0.25) is 14.5 Å². The number of hydrogen-bond acceptors (Lipinski definition) is 3. The van der Waals surface area contributed by atoms with Crippen LogP contribution >= 0.6 is 0 Å². The third-order valence-electron chi connectivity index (χ3n) is 10.2. The lowest BCUT2D eigenvalue weighted by Gasteiger charge is -2.59. The minimum Gasteiger partial charge on any atom is -0.307 e. The molecular weight excluding hydrogens is 460 g/mol. The lowest BCUT2D eigenvalue weighted by atomic mass is 9.50. The van der Waals surface area contributed by atoms with E-state index in [4.69, 9.17) is 0 Å². The molecule has 192 valence electrons. The van der Waals surface area contributed by atoms with Crippen LogP contribution in [0, 0.1) is 28.6 Å². The maximum absolute atomic E-state index is 14.0. The third kappa shape index (κ3) is 3.94. The summed E-state index contributed by atoms with van der Waals surface area (Å²) < 4.78 is 0. The summed E-state index contributed by atoms with van der Waals surface area (Å²) in [6.07, 6.45) is 9.28. The highest BCUT2D eigenvalue weighted by Gasteiger charge is 2.58. The van der Waals surface area contributed by atoms with Gasteiger partial charge in [0.2, 0.25) is 0 Å². The van der Waals surface area contributed by atoms with Crippen molar-refractivity contribution in [2.75, 3.05) is 11.9 Å². The molecule has 0 spiro atoms. The van der Waals surface area contributed by atoms with E-state index in [-0.39, 0.29) is 23.0 Å². The number of nitrogens with zero attached hydrogens (tertiary/aromatic N) is 1. The first-order valence-electron chi connectivity index (χ1n) is 13.8. The van der Waals surface area contributed by atoms with E-state index in [1.165, 1.54) is 32.1 Å². The predicted octanol–water partition coefficient (Wildman–Crippen LogP) is 6.85. The number of allylic oxidation sites excluding steroid dienone is 2. The second kappa shape index (κ2) is 8.97. The van der Waals surface area contributed by atoms with Gasteiger partial charge < -0.3 is 5.32 Å². The average Bonchev–Trinajstić information content (AvgIpc) is 3.31. The van der Waals surface area contributed by atoms with Gasteiger partial charge >= 0.3 is 6.03 Å². The number of piperidine rings is 1. The number of benzene rings is 2. The van der Waals surface area contributed by atoms with Crippen LogP contribution in [0.5, 0.6) is 0 Å². The first-order chi connectivity index (χ1) is 17.8. The van der Waals surface area contributed by atoms with Crippen LogP contribution in [0.4, 0.5) is 10.5 Å². The molecular formula is C32H36N2O3. The number of hydrogen-bond donors (Lipinski definition) is 1. The summed E-state index contributed by atoms with van der Waals surface area (Å²) >= 11 is 0. The molecule has 1 aliphatic heterocycles. The van der Waals surface area contributed by atoms with Crippen LogP contribution in [0.25, 0.3) is 0 Å². The van der Waals surface area contributed by atoms with E-state index in [1.807, 2.05) is 35.2 Å². The third-order valence-corrected chi connectivity index (χ3v) is 10.2. The molecule has 4 aliphatic rings. The van der Waals surface area contributed by atoms with Crippen LogP contribution in [0.2, 0.25) is 0 Å². The van der Waals surface area contributed by atoms with Gasteiger partial charge in [-0.1, -0.05) is 62.7 Å². The molecule has 1 N–H and O–H groups in total. The molecule has 0 aromatic heterocycles. The van der Waals surface area contributed by atoms with Gasteiger partial charge in [0, 0.05) is 41.3 Å². The molecule has 5 heteroatoms. The van der Waals surface area contributed by atoms with Crippen molar-refractivity contribution < 1.29 is 14.4 Å². The van der Waals surface area contributed by atoms with E-state index in [1.54, 1.807) is 30.3 Å². The topological polar surface area (TPSA) is 66.5 Å². The number of carbonyl (C=O) groups is 3. The van der Waals surface area contributed by atoms with Gasteiger partial charge in [-0.25, -0.2) is 4.79 Å². The maximum atomic E-state index is 14.0. The molecule has 1 saturated heterocycles. The fourth-order valence-corrected chi connectivity index (χ4v) is 8.21. The SMILES string of the molecule is C[C@@]12CCC[C@H]1[C@@H]1CN(C(=O)Nc3ccccc3C(=O)c3ccccc3)C3=CC(=O)CC[C@]3(C)[C@H]1CC2. The van der Waals surface area contributed by atoms with E-state index in [9.17, 15) is 14.4 Å². The second-order valence-electron chi connectivity index (χ2n) is 12.2. The van der Waals surface area contributed by atoms with Crippen molar-refractivity contribution in [3.8, 4) is 0 Å². The molecule has 0 unspecified atom stereocenters. The summed E-state index contributed by atoms with van der Waals surface area (Å²) in [7, 11) is 0. The minimum atomic E-state index is -0.246. The summed E-state index contributed by atoms with van der Waals surface area (Å²) in [6.45, 7) is 5.38. The van der Waals surface area contributed by atoms with E-state index in [2.05, 4.69) is 19.2 Å². The van der Waals surface area contributed by atoms with Crippen molar-refractivity contribution in [1.82, 2.24) is 4.90 Å². The number of rotatable bonds is 3. The molecule has 37 heavy (non-hydrogen) atoms. The zero-order valence-corrected chi connectivity index (χ0v) is 21.8. The standard InChI is InChI=1S/C32H36N2O3/c1-31-16-8-12-25(31)24-20-34(28-19-22(35)14-18-32(28,2)26(24)15-17-31)30(37)33-27-13-7-6-11-23(27)29(36)21-9-4-3-5-10-21/h3-7,9-11,13,19,24-26H,8,12,14-18,20H2,1-2H3,(H,33,37)/t24-,25-,26-,31-,32+/m0/s1. The Morgan fingerprint density at radius 2 is 1.68 bits per heavy atom. The summed E-state index contributed by atoms with van der Waals surface area (Å²) in [4.78, 5) is 41.7. The molecule has 2 amide bonds. The highest BCUT2D eigenvalue weighted by atomic mass is 16.2. The van der Waals surface area contributed by atoms with Crippen LogP contribution in [0.3, 0.4) is 0 Å². The Bertz CT molecular complexity index is 1280. The van der Waals surface area contributed by atoms with Gasteiger partial charge in [0.15, 0.2) is 11.6 Å². The van der Waals surface area contributed by atoms with Gasteiger partial charge in [-0.2, -0.15) is 0 Å². The van der Waals surface area contributed by atoms with Gasteiger partial charge in [0.05, 0.1) is 5.69 Å². The molecule has 2 aromatic carbocycles. The summed E-state index contributed by atoms with van der Waals surface area (Å²) in [5.41, 5.74) is 2.60. The Morgan fingerprint density at radius 3 is 2.49 bits per heavy atom. The Morgan fingerprint density at radius 1 is 0.919 bits per heavy atom. The van der Waals surface area contributed by atoms with E-state index >= 15 is 0 Å². The van der Waals surface area contributed by atoms with Crippen LogP contribution in [0.1, 0.15) is 74.7 Å². The Hall–Kier alpha value is -3.21. The summed E-state index contributed by atoms with van der Waals surface area (Å²) in [5.74, 6) is 1.53. The largest absolute Gasteiger partial charge is 0.326 e. The van der Waals surface area contributed by atoms with E-state index < -0.39 is 0 Å². The monoisotopic (exact) mass is 496 g/mol. The number of urea groups is 1. The molecule has 5 atom stereocenters. The number of nitrogens with one attached hydrogen (secondary N) is 1. The minimum absolute atomic E-state index is 0.102. The Labute approximate surface area is 219 Å². The van der Waals surface area contributed by atoms with Crippen molar-refractivity contribution in [2.45, 2.75) is 58.8 Å². The lowest BCUT2D eigenvalue weighted by molar-refractivity contribution is -0.118. The lowest BCUT2D eigenvalue weighted by Crippen LogP contribution is -2.59. The zero-order valence-electron chi connectivity index (χ0n) is 21.8. The molecule has 1 heterocycles. The highest BCUT2D eigenvalue weighted by molar-refractivity contribution is 6.13. The molecule has 2 saturated carbocycles. The van der Waals surface area contributed by atoms with Crippen LogP contribution in [0.15, 0.2) is 66.4 Å².